The van der Waals surface area contributed by atoms with Gasteiger partial charge in [-0.05, 0) is 102 Å². The molecule has 0 atom stereocenters. The van der Waals surface area contributed by atoms with Crippen molar-refractivity contribution in [1.82, 2.24) is 15.0 Å². The lowest BCUT2D eigenvalue weighted by Gasteiger charge is -2.14. The van der Waals surface area contributed by atoms with Gasteiger partial charge in [-0.1, -0.05) is 109 Å². The maximum Gasteiger partial charge on any atom is 0.164 e. The molecule has 0 spiro atoms. The van der Waals surface area contributed by atoms with Crippen molar-refractivity contribution in [2.45, 2.75) is 19.3 Å². The number of hydrogen-bond donors (Lipinski definition) is 0. The summed E-state index contributed by atoms with van der Waals surface area (Å²) in [5.41, 5.74) is 14.5. The molecule has 0 fully saturated rings. The highest BCUT2D eigenvalue weighted by Crippen LogP contribution is 2.54. The first-order chi connectivity index (χ1) is 22.3. The van der Waals surface area contributed by atoms with E-state index in [1.54, 1.807) is 0 Å². The van der Waals surface area contributed by atoms with E-state index >= 15 is 0 Å². The van der Waals surface area contributed by atoms with Crippen LogP contribution in [0.25, 0.3) is 77.6 Å². The van der Waals surface area contributed by atoms with Crippen molar-refractivity contribution in [2.24, 2.45) is 0 Å². The maximum atomic E-state index is 4.95. The molecule has 0 saturated heterocycles. The highest BCUT2D eigenvalue weighted by Gasteiger charge is 2.32. The molecule has 0 radical (unpaired) electrons. The molecule has 1 aromatic heterocycles. The van der Waals surface area contributed by atoms with Crippen LogP contribution in [0.2, 0.25) is 0 Å². The largest absolute Gasteiger partial charge is 0.208 e. The molecule has 0 saturated carbocycles. The maximum absolute atomic E-state index is 4.95. The van der Waals surface area contributed by atoms with E-state index in [2.05, 4.69) is 78.9 Å². The van der Waals surface area contributed by atoms with Crippen LogP contribution in [0.4, 0.5) is 0 Å². The van der Waals surface area contributed by atoms with Crippen LogP contribution in [0.15, 0.2) is 115 Å². The molecule has 7 aromatic carbocycles. The van der Waals surface area contributed by atoms with Crippen LogP contribution in [-0.2, 0) is 19.3 Å². The fourth-order valence-corrected chi connectivity index (χ4v) is 8.37. The SMILES string of the molecule is c1ccc(-c2nc(-c3ccccc3)nc(-c3ccc(-c4cc5c6c7c(ccc8c7c7c(ccc9c7c6c4C9)C8)C5)cc3)n2)cc1. The molecule has 208 valence electrons. The van der Waals surface area contributed by atoms with E-state index in [4.69, 9.17) is 15.0 Å². The lowest BCUT2D eigenvalue weighted by Crippen LogP contribution is -2.00. The van der Waals surface area contributed by atoms with Gasteiger partial charge in [0.25, 0.3) is 0 Å². The fraction of sp³-hybridized carbons (Fsp3) is 0.0714. The van der Waals surface area contributed by atoms with Gasteiger partial charge < -0.3 is 0 Å². The second kappa shape index (κ2) is 8.49. The third-order valence-electron chi connectivity index (χ3n) is 10.3. The minimum atomic E-state index is 0.682. The molecule has 0 unspecified atom stereocenters. The molecule has 3 nitrogen and oxygen atoms in total. The molecule has 8 aromatic rings. The molecule has 0 bridgehead atoms. The van der Waals surface area contributed by atoms with Crippen molar-refractivity contribution in [3.05, 3.63) is 149 Å². The average Bonchev–Trinajstić information content (AvgIpc) is 3.79. The second-order valence-electron chi connectivity index (χ2n) is 12.7. The Morgan fingerprint density at radius 2 is 0.733 bits per heavy atom. The number of rotatable bonds is 4. The first-order valence-electron chi connectivity index (χ1n) is 15.8. The summed E-state index contributed by atoms with van der Waals surface area (Å²) in [5, 5.41) is 9.16. The van der Waals surface area contributed by atoms with Crippen LogP contribution in [0.3, 0.4) is 0 Å². The summed E-state index contributed by atoms with van der Waals surface area (Å²) in [6, 6.07) is 41.3. The summed E-state index contributed by atoms with van der Waals surface area (Å²) in [6.07, 6.45) is 3.08. The standard InChI is InChI=1S/C42H25N3/c1-3-7-24(8-4-1)40-43-41(25-9-5-2-6-10-25)45-42(44-40)26-13-11-23(12-14-26)32-22-31-20-29-16-15-27-19-28-17-18-30-21-33(32)39-37(30)35(28)34(27)36(29)38(31)39/h1-18,22H,19-21H2. The van der Waals surface area contributed by atoms with Gasteiger partial charge in [-0.25, -0.2) is 15.0 Å². The Morgan fingerprint density at radius 1 is 0.333 bits per heavy atom. The zero-order chi connectivity index (χ0) is 29.2. The molecule has 0 N–H and O–H groups in total. The normalized spacial score (nSPS) is 13.5. The van der Waals surface area contributed by atoms with Gasteiger partial charge in [0, 0.05) is 16.7 Å². The van der Waals surface area contributed by atoms with Gasteiger partial charge in [0.15, 0.2) is 17.5 Å². The van der Waals surface area contributed by atoms with E-state index in [0.717, 1.165) is 36.0 Å². The van der Waals surface area contributed by atoms with Crippen molar-refractivity contribution in [3.8, 4) is 45.3 Å². The summed E-state index contributed by atoms with van der Waals surface area (Å²) in [6.45, 7) is 0. The van der Waals surface area contributed by atoms with Crippen molar-refractivity contribution >= 4 is 32.3 Å². The fourth-order valence-electron chi connectivity index (χ4n) is 8.37. The lowest BCUT2D eigenvalue weighted by atomic mass is 9.90. The Hall–Kier alpha value is -5.67. The van der Waals surface area contributed by atoms with Crippen LogP contribution < -0.4 is 0 Å². The van der Waals surface area contributed by atoms with Gasteiger partial charge in [-0.2, -0.15) is 0 Å². The van der Waals surface area contributed by atoms with Crippen LogP contribution >= 0.6 is 0 Å². The van der Waals surface area contributed by atoms with E-state index in [0.29, 0.717) is 17.5 Å². The van der Waals surface area contributed by atoms with Crippen molar-refractivity contribution in [2.75, 3.05) is 0 Å². The molecule has 3 aliphatic rings. The van der Waals surface area contributed by atoms with Gasteiger partial charge >= 0.3 is 0 Å². The number of hydrogen-bond acceptors (Lipinski definition) is 3. The molecule has 3 aliphatic carbocycles. The quantitative estimate of drug-likeness (QED) is 0.197. The Labute approximate surface area is 259 Å². The Bertz CT molecular complexity index is 2490. The lowest BCUT2D eigenvalue weighted by molar-refractivity contribution is 1.07. The zero-order valence-corrected chi connectivity index (χ0v) is 24.4. The van der Waals surface area contributed by atoms with Gasteiger partial charge in [0.2, 0.25) is 0 Å². The van der Waals surface area contributed by atoms with Crippen LogP contribution in [0, 0.1) is 0 Å². The monoisotopic (exact) mass is 571 g/mol. The predicted molar refractivity (Wildman–Crippen MR) is 183 cm³/mol. The van der Waals surface area contributed by atoms with Gasteiger partial charge in [-0.3, -0.25) is 0 Å². The van der Waals surface area contributed by atoms with Crippen LogP contribution in [0.5, 0.6) is 0 Å². The third kappa shape index (κ3) is 3.17. The van der Waals surface area contributed by atoms with E-state index in [1.165, 1.54) is 76.8 Å². The van der Waals surface area contributed by atoms with Crippen molar-refractivity contribution in [1.29, 1.82) is 0 Å². The Kier molecular flexibility index (Phi) is 4.48. The molecule has 11 rings (SSSR count). The summed E-state index contributed by atoms with van der Waals surface area (Å²) in [5.74, 6) is 2.05. The highest BCUT2D eigenvalue weighted by molar-refractivity contribution is 6.33. The zero-order valence-electron chi connectivity index (χ0n) is 24.4. The molecular weight excluding hydrogens is 546 g/mol. The first-order valence-corrected chi connectivity index (χ1v) is 15.8. The molecular formula is C42H25N3. The van der Waals surface area contributed by atoms with Crippen molar-refractivity contribution in [3.63, 3.8) is 0 Å². The van der Waals surface area contributed by atoms with E-state index in [1.807, 2.05) is 36.4 Å². The van der Waals surface area contributed by atoms with Crippen LogP contribution in [0.1, 0.15) is 33.4 Å². The minimum absolute atomic E-state index is 0.682. The van der Waals surface area contributed by atoms with Gasteiger partial charge in [-0.15, -0.1) is 0 Å². The number of benzene rings is 7. The van der Waals surface area contributed by atoms with E-state index < -0.39 is 0 Å². The Balaban J connectivity index is 1.08. The molecule has 45 heavy (non-hydrogen) atoms. The third-order valence-corrected chi connectivity index (χ3v) is 10.3. The van der Waals surface area contributed by atoms with Crippen LogP contribution in [-0.4, -0.2) is 15.0 Å². The molecule has 0 aliphatic heterocycles. The molecule has 1 heterocycles. The van der Waals surface area contributed by atoms with Gasteiger partial charge in [0.1, 0.15) is 0 Å². The summed E-state index contributed by atoms with van der Waals surface area (Å²) >= 11 is 0. The van der Waals surface area contributed by atoms with E-state index in [-0.39, 0.29) is 0 Å². The highest BCUT2D eigenvalue weighted by atomic mass is 15.0. The van der Waals surface area contributed by atoms with Gasteiger partial charge in [0.05, 0.1) is 0 Å². The molecule has 3 heteroatoms. The van der Waals surface area contributed by atoms with E-state index in [9.17, 15) is 0 Å². The van der Waals surface area contributed by atoms with Crippen molar-refractivity contribution < 1.29 is 0 Å². The smallest absolute Gasteiger partial charge is 0.164 e. The minimum Gasteiger partial charge on any atom is -0.208 e. The summed E-state index contributed by atoms with van der Waals surface area (Å²) < 4.78 is 0. The predicted octanol–water partition coefficient (Wildman–Crippen LogP) is 9.71. The number of aromatic nitrogens is 3. The summed E-state index contributed by atoms with van der Waals surface area (Å²) in [7, 11) is 0. The topological polar surface area (TPSA) is 38.7 Å². The molecule has 0 amide bonds. The Morgan fingerprint density at radius 3 is 1.27 bits per heavy atom. The first kappa shape index (κ1) is 23.7. The second-order valence-corrected chi connectivity index (χ2v) is 12.7. The number of nitrogens with zero attached hydrogens (tertiary/aromatic N) is 3. The average molecular weight is 572 g/mol. The summed E-state index contributed by atoms with van der Waals surface area (Å²) in [4.78, 5) is 14.8.